The second-order valence-corrected chi connectivity index (χ2v) is 4.78. The van der Waals surface area contributed by atoms with Gasteiger partial charge in [0.25, 0.3) is 0 Å². The Morgan fingerprint density at radius 2 is 1.53 bits per heavy atom. The van der Waals surface area contributed by atoms with Crippen LogP contribution in [-0.4, -0.2) is 18.7 Å². The predicted molar refractivity (Wildman–Crippen MR) is 76.9 cm³/mol. The number of fused-ring (bicyclic) bond motifs is 1. The molecule has 90 valence electrons. The van der Waals surface area contributed by atoms with Crippen LogP contribution in [0.2, 0.25) is 0 Å². The number of benzene rings is 1. The van der Waals surface area contributed by atoms with Gasteiger partial charge in [0.05, 0.1) is 16.1 Å². The Kier molecular flexibility index (Phi) is 4.69. The molecule has 0 N–H and O–H groups in total. The second-order valence-electron chi connectivity index (χ2n) is 3.20. The fourth-order valence-corrected chi connectivity index (χ4v) is 2.26. The van der Waals surface area contributed by atoms with Gasteiger partial charge in [0.15, 0.2) is 0 Å². The molecule has 0 amide bonds. The van der Waals surface area contributed by atoms with E-state index < -0.39 is 0 Å². The quantitative estimate of drug-likeness (QED) is 0.688. The molecule has 0 saturated carbocycles. The Hall–Kier alpha value is -0.460. The molecule has 1 aromatic carbocycles. The summed E-state index contributed by atoms with van der Waals surface area (Å²) in [5, 5.41) is 0. The molecule has 6 heteroatoms. The van der Waals surface area contributed by atoms with Gasteiger partial charge in [-0.1, -0.05) is 0 Å². The van der Waals surface area contributed by atoms with Gasteiger partial charge in [-0.25, -0.2) is 0 Å². The molecule has 0 unspecified atom stereocenters. The van der Waals surface area contributed by atoms with Gasteiger partial charge in [0, 0.05) is 11.1 Å². The van der Waals surface area contributed by atoms with Crippen molar-refractivity contribution < 1.29 is 14.3 Å². The van der Waals surface area contributed by atoms with Crippen molar-refractivity contribution in [2.24, 2.45) is 0 Å². The van der Waals surface area contributed by atoms with E-state index in [1.807, 2.05) is 0 Å². The highest BCUT2D eigenvalue weighted by Gasteiger charge is 2.29. The van der Waals surface area contributed by atoms with Crippen LogP contribution in [0, 0.1) is 0 Å². The minimum atomic E-state index is -0.222. The first-order valence-electron chi connectivity index (χ1n) is 4.39. The molecule has 0 heterocycles. The third-order valence-corrected chi connectivity index (χ3v) is 4.35. The molecule has 0 fully saturated rings. The maximum absolute atomic E-state index is 11.9. The minimum Gasteiger partial charge on any atom is -0.497 e. The molecule has 3 nitrogen and oxygen atoms in total. The topological polar surface area (TPSA) is 43.4 Å². The third kappa shape index (κ3) is 2.39. The molecule has 0 atom stereocenters. The van der Waals surface area contributed by atoms with E-state index in [0.717, 1.165) is 0 Å². The van der Waals surface area contributed by atoms with E-state index in [4.69, 9.17) is 4.74 Å². The smallest absolute Gasteiger partial charge is 0.202 e. The van der Waals surface area contributed by atoms with E-state index in [0.29, 0.717) is 16.9 Å². The zero-order valence-corrected chi connectivity index (χ0v) is 13.5. The van der Waals surface area contributed by atoms with E-state index in [2.05, 4.69) is 31.9 Å². The fourth-order valence-electron chi connectivity index (χ4n) is 1.47. The Bertz CT molecular complexity index is 535. The SMILES string of the molecule is Br.COc1ccc2c(c1)C(=O)C(Br)=C(Br)C2=O. The van der Waals surface area contributed by atoms with E-state index in [1.54, 1.807) is 18.2 Å². The summed E-state index contributed by atoms with van der Waals surface area (Å²) in [4.78, 5) is 23.7. The summed E-state index contributed by atoms with van der Waals surface area (Å²) in [6.45, 7) is 0. The first-order valence-corrected chi connectivity index (χ1v) is 5.97. The molecule has 0 radical (unpaired) electrons. The normalized spacial score (nSPS) is 14.3. The van der Waals surface area contributed by atoms with Crippen LogP contribution in [0.15, 0.2) is 27.2 Å². The number of ketones is 2. The van der Waals surface area contributed by atoms with Crippen molar-refractivity contribution >= 4 is 60.4 Å². The van der Waals surface area contributed by atoms with Crippen LogP contribution in [0.25, 0.3) is 0 Å². The van der Waals surface area contributed by atoms with Gasteiger partial charge in [0.1, 0.15) is 5.75 Å². The van der Waals surface area contributed by atoms with Crippen LogP contribution >= 0.6 is 48.8 Å². The lowest BCUT2D eigenvalue weighted by molar-refractivity contribution is 0.0989. The molecule has 0 aromatic heterocycles. The first-order chi connectivity index (χ1) is 7.56. The van der Waals surface area contributed by atoms with Gasteiger partial charge in [-0.3, -0.25) is 9.59 Å². The first kappa shape index (κ1) is 14.6. The summed E-state index contributed by atoms with van der Waals surface area (Å²) >= 11 is 6.19. The molecular weight excluding hydrogens is 420 g/mol. The highest BCUT2D eigenvalue weighted by atomic mass is 79.9. The molecular formula is C11H7Br3O3. The van der Waals surface area contributed by atoms with Crippen molar-refractivity contribution in [2.75, 3.05) is 7.11 Å². The van der Waals surface area contributed by atoms with Gasteiger partial charge in [0.2, 0.25) is 11.6 Å². The maximum Gasteiger partial charge on any atom is 0.202 e. The van der Waals surface area contributed by atoms with Gasteiger partial charge in [-0.15, -0.1) is 17.0 Å². The Morgan fingerprint density at radius 3 is 2.06 bits per heavy atom. The van der Waals surface area contributed by atoms with Crippen LogP contribution < -0.4 is 4.74 Å². The predicted octanol–water partition coefficient (Wildman–Crippen LogP) is 3.65. The largest absolute Gasteiger partial charge is 0.497 e. The lowest BCUT2D eigenvalue weighted by atomic mass is 9.94. The van der Waals surface area contributed by atoms with Crippen LogP contribution in [0.3, 0.4) is 0 Å². The van der Waals surface area contributed by atoms with Crippen molar-refractivity contribution in [1.29, 1.82) is 0 Å². The standard InChI is InChI=1S/C11H6Br2O3.BrH/c1-16-5-2-3-6-7(4-5)11(15)9(13)8(12)10(6)14;/h2-4H,1H3;1H. The maximum atomic E-state index is 11.9. The molecule has 1 aliphatic rings. The van der Waals surface area contributed by atoms with E-state index in [-0.39, 0.29) is 37.5 Å². The van der Waals surface area contributed by atoms with Gasteiger partial charge in [-0.2, -0.15) is 0 Å². The lowest BCUT2D eigenvalue weighted by Gasteiger charge is -2.15. The van der Waals surface area contributed by atoms with Gasteiger partial charge >= 0.3 is 0 Å². The van der Waals surface area contributed by atoms with Gasteiger partial charge in [-0.05, 0) is 50.1 Å². The van der Waals surface area contributed by atoms with E-state index in [9.17, 15) is 9.59 Å². The number of hydrogen-bond acceptors (Lipinski definition) is 3. The van der Waals surface area contributed by atoms with Crippen molar-refractivity contribution in [2.45, 2.75) is 0 Å². The molecule has 1 aliphatic carbocycles. The summed E-state index contributed by atoms with van der Waals surface area (Å²) in [7, 11) is 1.51. The number of Topliss-reactive ketones (excluding diaryl/α,β-unsaturated/α-hetero) is 2. The Balaban J connectivity index is 0.00000144. The average Bonchev–Trinajstić information content (AvgIpc) is 2.33. The minimum absolute atomic E-state index is 0. The van der Waals surface area contributed by atoms with Crippen molar-refractivity contribution in [3.05, 3.63) is 38.3 Å². The van der Waals surface area contributed by atoms with Crippen LogP contribution in [-0.2, 0) is 0 Å². The van der Waals surface area contributed by atoms with Crippen molar-refractivity contribution in [3.8, 4) is 5.75 Å². The summed E-state index contributed by atoms with van der Waals surface area (Å²) in [6.07, 6.45) is 0. The Morgan fingerprint density at radius 1 is 1.00 bits per heavy atom. The van der Waals surface area contributed by atoms with Crippen LogP contribution in [0.5, 0.6) is 5.75 Å². The molecule has 0 saturated heterocycles. The fraction of sp³-hybridized carbons (Fsp3) is 0.0909. The number of ether oxygens (including phenoxy) is 1. The number of carbonyl (C=O) groups is 2. The monoisotopic (exact) mass is 424 g/mol. The molecule has 17 heavy (non-hydrogen) atoms. The molecule has 0 bridgehead atoms. The number of rotatable bonds is 1. The summed E-state index contributed by atoms with van der Waals surface area (Å²) < 4.78 is 5.53. The molecule has 1 aromatic rings. The van der Waals surface area contributed by atoms with Crippen LogP contribution in [0.1, 0.15) is 20.7 Å². The molecule has 2 rings (SSSR count). The van der Waals surface area contributed by atoms with E-state index in [1.165, 1.54) is 7.11 Å². The summed E-state index contributed by atoms with van der Waals surface area (Å²) in [5.41, 5.74) is 0.750. The van der Waals surface area contributed by atoms with Gasteiger partial charge < -0.3 is 4.74 Å². The third-order valence-electron chi connectivity index (χ3n) is 2.31. The number of hydrogen-bond donors (Lipinski definition) is 0. The highest BCUT2D eigenvalue weighted by Crippen LogP contribution is 2.34. The number of carbonyl (C=O) groups excluding carboxylic acids is 2. The number of methoxy groups -OCH3 is 1. The van der Waals surface area contributed by atoms with E-state index >= 15 is 0 Å². The highest BCUT2D eigenvalue weighted by molar-refractivity contribution is 9.14. The molecule has 0 aliphatic heterocycles. The second kappa shape index (κ2) is 5.46. The summed E-state index contributed by atoms with van der Waals surface area (Å²) in [5.74, 6) is 0.128. The Labute approximate surface area is 125 Å². The summed E-state index contributed by atoms with van der Waals surface area (Å²) in [6, 6.07) is 4.81. The number of halogens is 3. The zero-order valence-electron chi connectivity index (χ0n) is 8.62. The van der Waals surface area contributed by atoms with Crippen molar-refractivity contribution in [3.63, 3.8) is 0 Å². The van der Waals surface area contributed by atoms with Crippen molar-refractivity contribution in [1.82, 2.24) is 0 Å². The average molecular weight is 427 g/mol. The zero-order chi connectivity index (χ0) is 11.9. The number of allylic oxidation sites excluding steroid dienone is 2. The van der Waals surface area contributed by atoms with Crippen LogP contribution in [0.4, 0.5) is 0 Å². The molecule has 0 spiro atoms. The lowest BCUT2D eigenvalue weighted by Crippen LogP contribution is -2.17.